The number of aromatic nitrogens is 1. The van der Waals surface area contributed by atoms with Crippen molar-refractivity contribution in [3.63, 3.8) is 0 Å². The molecule has 2 saturated heterocycles. The first-order valence-electron chi connectivity index (χ1n) is 9.47. The van der Waals surface area contributed by atoms with Gasteiger partial charge in [0.05, 0.1) is 5.01 Å². The van der Waals surface area contributed by atoms with Crippen molar-refractivity contribution in [2.45, 2.75) is 44.1 Å². The highest BCUT2D eigenvalue weighted by Gasteiger charge is 2.28. The lowest BCUT2D eigenvalue weighted by Gasteiger charge is -2.30. The highest BCUT2D eigenvalue weighted by molar-refractivity contribution is 7.09. The minimum atomic E-state index is -0.502. The van der Waals surface area contributed by atoms with Gasteiger partial charge in [-0.2, -0.15) is 0 Å². The Hall–Kier alpha value is -2.60. The first-order valence-corrected chi connectivity index (χ1v) is 10.4. The van der Waals surface area contributed by atoms with Gasteiger partial charge in [-0.25, -0.2) is 9.78 Å². The predicted molar refractivity (Wildman–Crippen MR) is 104 cm³/mol. The Morgan fingerprint density at radius 3 is 2.89 bits per heavy atom. The number of amides is 3. The Labute approximate surface area is 168 Å². The Balaban J connectivity index is 1.53. The standard InChI is InChI=1S/C19H24N4O4S/c1-2-11-27-19(26)23-9-6-13(7-10-23)18-22-15(12-28-18)17(25)21-14-5-3-4-8-20-16(14)24/h1,12-14H,3-11H2,(H,20,24)(H,21,25). The van der Waals surface area contributed by atoms with Crippen LogP contribution in [0.3, 0.4) is 0 Å². The molecule has 150 valence electrons. The molecule has 0 bridgehead atoms. The molecule has 1 aromatic heterocycles. The van der Waals surface area contributed by atoms with E-state index in [9.17, 15) is 14.4 Å². The van der Waals surface area contributed by atoms with Crippen LogP contribution in [0.25, 0.3) is 0 Å². The van der Waals surface area contributed by atoms with Crippen LogP contribution in [0.5, 0.6) is 0 Å². The fourth-order valence-electron chi connectivity index (χ4n) is 3.39. The van der Waals surface area contributed by atoms with Crippen LogP contribution in [0.4, 0.5) is 4.79 Å². The van der Waals surface area contributed by atoms with E-state index < -0.39 is 12.1 Å². The summed E-state index contributed by atoms with van der Waals surface area (Å²) in [4.78, 5) is 42.4. The van der Waals surface area contributed by atoms with Gasteiger partial charge in [0.2, 0.25) is 5.91 Å². The lowest BCUT2D eigenvalue weighted by atomic mass is 9.98. The summed E-state index contributed by atoms with van der Waals surface area (Å²) in [5.41, 5.74) is 0.341. The summed E-state index contributed by atoms with van der Waals surface area (Å²) in [5, 5.41) is 8.21. The van der Waals surface area contributed by atoms with E-state index in [2.05, 4.69) is 21.5 Å². The van der Waals surface area contributed by atoms with Crippen LogP contribution in [0.2, 0.25) is 0 Å². The molecule has 2 N–H and O–H groups in total. The zero-order valence-corrected chi connectivity index (χ0v) is 16.4. The number of carbonyl (C=O) groups excluding carboxylic acids is 3. The third kappa shape index (κ3) is 5.01. The van der Waals surface area contributed by atoms with Gasteiger partial charge in [0.1, 0.15) is 11.7 Å². The van der Waals surface area contributed by atoms with Crippen LogP contribution in [0, 0.1) is 12.3 Å². The molecule has 1 aromatic rings. The number of nitrogens with zero attached hydrogens (tertiary/aromatic N) is 2. The van der Waals surface area contributed by atoms with Gasteiger partial charge in [-0.05, 0) is 32.1 Å². The zero-order chi connectivity index (χ0) is 19.9. The summed E-state index contributed by atoms with van der Waals surface area (Å²) >= 11 is 1.44. The van der Waals surface area contributed by atoms with Gasteiger partial charge >= 0.3 is 6.09 Å². The molecule has 0 radical (unpaired) electrons. The van der Waals surface area contributed by atoms with E-state index in [1.165, 1.54) is 11.3 Å². The van der Waals surface area contributed by atoms with Gasteiger partial charge in [0, 0.05) is 30.9 Å². The number of nitrogens with one attached hydrogen (secondary N) is 2. The summed E-state index contributed by atoms with van der Waals surface area (Å²) in [5.74, 6) is 2.03. The number of thiazole rings is 1. The van der Waals surface area contributed by atoms with Gasteiger partial charge in [-0.3, -0.25) is 9.59 Å². The van der Waals surface area contributed by atoms with Gasteiger partial charge in [-0.1, -0.05) is 5.92 Å². The van der Waals surface area contributed by atoms with E-state index in [1.807, 2.05) is 0 Å². The van der Waals surface area contributed by atoms with Crippen LogP contribution in [-0.2, 0) is 9.53 Å². The number of carbonyl (C=O) groups is 3. The van der Waals surface area contributed by atoms with Crippen LogP contribution in [0.1, 0.15) is 53.5 Å². The highest BCUT2D eigenvalue weighted by atomic mass is 32.1. The van der Waals surface area contributed by atoms with E-state index in [0.717, 1.165) is 30.7 Å². The number of piperidine rings is 1. The average Bonchev–Trinajstić information content (AvgIpc) is 3.12. The molecule has 2 fully saturated rings. The fourth-order valence-corrected chi connectivity index (χ4v) is 4.36. The molecule has 1 unspecified atom stereocenters. The SMILES string of the molecule is C#CCOC(=O)N1CCC(c2nc(C(=O)NC3CCCCNC3=O)cs2)CC1. The van der Waals surface area contributed by atoms with Crippen molar-refractivity contribution in [3.05, 3.63) is 16.1 Å². The van der Waals surface area contributed by atoms with Crippen molar-refractivity contribution in [3.8, 4) is 12.3 Å². The summed E-state index contributed by atoms with van der Waals surface area (Å²) in [7, 11) is 0. The van der Waals surface area contributed by atoms with Crippen molar-refractivity contribution in [1.82, 2.24) is 20.5 Å². The lowest BCUT2D eigenvalue weighted by molar-refractivity contribution is -0.122. The summed E-state index contributed by atoms with van der Waals surface area (Å²) < 4.78 is 4.95. The minimum absolute atomic E-state index is 0.0251. The van der Waals surface area contributed by atoms with Crippen molar-refractivity contribution in [1.29, 1.82) is 0 Å². The Morgan fingerprint density at radius 1 is 1.36 bits per heavy atom. The number of likely N-dealkylation sites (tertiary alicyclic amines) is 1. The maximum Gasteiger partial charge on any atom is 0.410 e. The van der Waals surface area contributed by atoms with Gasteiger partial charge in [0.15, 0.2) is 6.61 Å². The smallest absolute Gasteiger partial charge is 0.410 e. The van der Waals surface area contributed by atoms with Crippen molar-refractivity contribution < 1.29 is 19.1 Å². The average molecular weight is 404 g/mol. The lowest BCUT2D eigenvalue weighted by Crippen LogP contribution is -2.45. The molecule has 8 nitrogen and oxygen atoms in total. The molecule has 2 aliphatic rings. The van der Waals surface area contributed by atoms with Crippen LogP contribution >= 0.6 is 11.3 Å². The molecule has 1 atom stereocenters. The van der Waals surface area contributed by atoms with Crippen LogP contribution < -0.4 is 10.6 Å². The second-order valence-corrected chi connectivity index (χ2v) is 7.79. The van der Waals surface area contributed by atoms with E-state index in [1.54, 1.807) is 10.3 Å². The number of terminal acetylenes is 1. The zero-order valence-electron chi connectivity index (χ0n) is 15.6. The van der Waals surface area contributed by atoms with Crippen LogP contribution in [0.15, 0.2) is 5.38 Å². The van der Waals surface area contributed by atoms with Gasteiger partial charge in [0.25, 0.3) is 5.91 Å². The third-order valence-electron chi connectivity index (χ3n) is 4.98. The number of hydrogen-bond acceptors (Lipinski definition) is 6. The molecule has 0 saturated carbocycles. The normalized spacial score (nSPS) is 20.6. The maximum absolute atomic E-state index is 12.5. The summed E-state index contributed by atoms with van der Waals surface area (Å²) in [6.45, 7) is 1.76. The molecule has 28 heavy (non-hydrogen) atoms. The van der Waals surface area contributed by atoms with Crippen molar-refractivity contribution in [2.75, 3.05) is 26.2 Å². The Bertz CT molecular complexity index is 764. The topological polar surface area (TPSA) is 101 Å². The van der Waals surface area contributed by atoms with E-state index >= 15 is 0 Å². The molecular formula is C19H24N4O4S. The van der Waals surface area contributed by atoms with Gasteiger partial charge in [-0.15, -0.1) is 17.8 Å². The second kappa shape index (κ2) is 9.55. The third-order valence-corrected chi connectivity index (χ3v) is 5.98. The van der Waals surface area contributed by atoms with E-state index in [4.69, 9.17) is 11.2 Å². The highest BCUT2D eigenvalue weighted by Crippen LogP contribution is 2.30. The number of hydrogen-bond donors (Lipinski definition) is 2. The van der Waals surface area contributed by atoms with E-state index in [-0.39, 0.29) is 24.3 Å². The van der Waals surface area contributed by atoms with Gasteiger partial charge < -0.3 is 20.3 Å². The molecule has 2 aliphatic heterocycles. The van der Waals surface area contributed by atoms with Crippen LogP contribution in [-0.4, -0.2) is 60.1 Å². The van der Waals surface area contributed by atoms with Crippen molar-refractivity contribution in [2.24, 2.45) is 0 Å². The van der Waals surface area contributed by atoms with Crippen molar-refractivity contribution >= 4 is 29.2 Å². The molecule has 3 heterocycles. The molecule has 0 aliphatic carbocycles. The first-order chi connectivity index (χ1) is 13.6. The quantitative estimate of drug-likeness (QED) is 0.741. The molecule has 3 amide bonds. The fraction of sp³-hybridized carbons (Fsp3) is 0.579. The monoisotopic (exact) mass is 404 g/mol. The molecule has 3 rings (SSSR count). The second-order valence-electron chi connectivity index (χ2n) is 6.90. The minimum Gasteiger partial charge on any atom is -0.436 e. The first kappa shape index (κ1) is 20.1. The molecule has 0 aromatic carbocycles. The predicted octanol–water partition coefficient (Wildman–Crippen LogP) is 1.49. The molecular weight excluding hydrogens is 380 g/mol. The molecule has 9 heteroatoms. The number of rotatable bonds is 4. The summed E-state index contributed by atoms with van der Waals surface area (Å²) in [6, 6.07) is -0.502. The number of ether oxygens (including phenoxy) is 1. The Morgan fingerprint density at radius 2 is 2.14 bits per heavy atom. The maximum atomic E-state index is 12.5. The molecule has 0 spiro atoms. The largest absolute Gasteiger partial charge is 0.436 e. The van der Waals surface area contributed by atoms with E-state index in [0.29, 0.717) is 31.7 Å². The summed E-state index contributed by atoms with van der Waals surface area (Å²) in [6.07, 6.45) is 8.68. The Kier molecular flexibility index (Phi) is 6.87.